The smallest absolute Gasteiger partial charge is 0.128 e. The average Bonchev–Trinajstić information content (AvgIpc) is 2.30. The largest absolute Gasteiger partial charge is 0.397 e. The zero-order valence-electron chi connectivity index (χ0n) is 9.63. The third kappa shape index (κ3) is 2.44. The standard InChI is InChI=1S/C12H19N3O/c1-9(16)10-4-6-15(7-5-10)12-3-2-11(13)8-14-12/h2-3,8-10,16H,4-7,13H2,1H3/t9-/m0/s1. The van der Waals surface area contributed by atoms with Gasteiger partial charge in [-0.25, -0.2) is 4.98 Å². The van der Waals surface area contributed by atoms with E-state index < -0.39 is 0 Å². The summed E-state index contributed by atoms with van der Waals surface area (Å²) < 4.78 is 0. The van der Waals surface area contributed by atoms with Gasteiger partial charge in [0.15, 0.2) is 0 Å². The van der Waals surface area contributed by atoms with Gasteiger partial charge in [0.1, 0.15) is 5.82 Å². The van der Waals surface area contributed by atoms with E-state index in [-0.39, 0.29) is 6.10 Å². The van der Waals surface area contributed by atoms with Crippen molar-refractivity contribution in [3.8, 4) is 0 Å². The van der Waals surface area contributed by atoms with Crippen LogP contribution in [0.1, 0.15) is 19.8 Å². The van der Waals surface area contributed by atoms with E-state index in [0.29, 0.717) is 11.6 Å². The van der Waals surface area contributed by atoms with E-state index >= 15 is 0 Å². The number of hydrogen-bond acceptors (Lipinski definition) is 4. The van der Waals surface area contributed by atoms with E-state index in [2.05, 4.69) is 9.88 Å². The van der Waals surface area contributed by atoms with E-state index in [1.165, 1.54) is 0 Å². The maximum absolute atomic E-state index is 9.52. The van der Waals surface area contributed by atoms with Gasteiger partial charge in [0, 0.05) is 13.1 Å². The summed E-state index contributed by atoms with van der Waals surface area (Å²) >= 11 is 0. The Labute approximate surface area is 96.1 Å². The minimum Gasteiger partial charge on any atom is -0.397 e. The van der Waals surface area contributed by atoms with Gasteiger partial charge < -0.3 is 15.7 Å². The summed E-state index contributed by atoms with van der Waals surface area (Å²) in [5.41, 5.74) is 6.30. The maximum atomic E-state index is 9.52. The molecule has 4 nitrogen and oxygen atoms in total. The fourth-order valence-electron chi connectivity index (χ4n) is 2.20. The predicted octanol–water partition coefficient (Wildman–Crippen LogP) is 1.26. The molecule has 0 saturated carbocycles. The SMILES string of the molecule is C[C@H](O)C1CCN(c2ccc(N)cn2)CC1. The Kier molecular flexibility index (Phi) is 3.29. The van der Waals surface area contributed by atoms with E-state index in [1.807, 2.05) is 19.1 Å². The van der Waals surface area contributed by atoms with Crippen molar-refractivity contribution in [3.05, 3.63) is 18.3 Å². The number of hydrogen-bond donors (Lipinski definition) is 2. The molecule has 88 valence electrons. The van der Waals surface area contributed by atoms with Gasteiger partial charge in [-0.15, -0.1) is 0 Å². The van der Waals surface area contributed by atoms with Crippen molar-refractivity contribution in [2.45, 2.75) is 25.9 Å². The van der Waals surface area contributed by atoms with Crippen molar-refractivity contribution >= 4 is 11.5 Å². The van der Waals surface area contributed by atoms with Crippen molar-refractivity contribution < 1.29 is 5.11 Å². The lowest BCUT2D eigenvalue weighted by molar-refractivity contribution is 0.110. The van der Waals surface area contributed by atoms with E-state index in [1.54, 1.807) is 6.20 Å². The number of anilines is 2. The molecular formula is C12H19N3O. The first-order valence-corrected chi connectivity index (χ1v) is 5.81. The molecule has 1 aliphatic heterocycles. The van der Waals surface area contributed by atoms with Gasteiger partial charge in [-0.3, -0.25) is 0 Å². The molecule has 2 rings (SSSR count). The highest BCUT2D eigenvalue weighted by Gasteiger charge is 2.23. The van der Waals surface area contributed by atoms with Crippen LogP contribution in [-0.2, 0) is 0 Å². The predicted molar refractivity (Wildman–Crippen MR) is 65.3 cm³/mol. The lowest BCUT2D eigenvalue weighted by atomic mass is 9.92. The van der Waals surface area contributed by atoms with Gasteiger partial charge in [-0.05, 0) is 37.8 Å². The Hall–Kier alpha value is -1.29. The molecule has 0 amide bonds. The van der Waals surface area contributed by atoms with Gasteiger partial charge in [-0.1, -0.05) is 0 Å². The van der Waals surface area contributed by atoms with Gasteiger partial charge in [0.25, 0.3) is 0 Å². The molecule has 0 radical (unpaired) electrons. The maximum Gasteiger partial charge on any atom is 0.128 e. The summed E-state index contributed by atoms with van der Waals surface area (Å²) in [5.74, 6) is 1.42. The Morgan fingerprint density at radius 2 is 2.12 bits per heavy atom. The van der Waals surface area contributed by atoms with Crippen molar-refractivity contribution in [2.75, 3.05) is 23.7 Å². The van der Waals surface area contributed by atoms with Gasteiger partial charge in [-0.2, -0.15) is 0 Å². The van der Waals surface area contributed by atoms with Crippen LogP contribution < -0.4 is 10.6 Å². The second kappa shape index (κ2) is 4.70. The van der Waals surface area contributed by atoms with Crippen LogP contribution in [0.25, 0.3) is 0 Å². The van der Waals surface area contributed by atoms with Crippen LogP contribution in [0.3, 0.4) is 0 Å². The molecule has 2 heterocycles. The van der Waals surface area contributed by atoms with Crippen molar-refractivity contribution in [1.82, 2.24) is 4.98 Å². The Morgan fingerprint density at radius 3 is 2.62 bits per heavy atom. The van der Waals surface area contributed by atoms with Crippen molar-refractivity contribution in [3.63, 3.8) is 0 Å². The van der Waals surface area contributed by atoms with Gasteiger partial charge in [0.05, 0.1) is 18.0 Å². The van der Waals surface area contributed by atoms with Gasteiger partial charge >= 0.3 is 0 Å². The first kappa shape index (κ1) is 11.2. The number of aromatic nitrogens is 1. The first-order chi connectivity index (χ1) is 7.66. The Bertz CT molecular complexity index is 329. The van der Waals surface area contributed by atoms with Crippen molar-refractivity contribution in [2.24, 2.45) is 5.92 Å². The number of nitrogen functional groups attached to an aromatic ring is 1. The third-order valence-corrected chi connectivity index (χ3v) is 3.32. The molecule has 16 heavy (non-hydrogen) atoms. The lowest BCUT2D eigenvalue weighted by Gasteiger charge is -2.34. The summed E-state index contributed by atoms with van der Waals surface area (Å²) in [6, 6.07) is 3.83. The topological polar surface area (TPSA) is 62.4 Å². The number of aliphatic hydroxyl groups is 1. The molecule has 1 aliphatic rings. The number of nitrogens with zero attached hydrogens (tertiary/aromatic N) is 2. The molecule has 1 saturated heterocycles. The van der Waals surface area contributed by atoms with Crippen LogP contribution in [-0.4, -0.2) is 29.3 Å². The van der Waals surface area contributed by atoms with Crippen LogP contribution in [0.5, 0.6) is 0 Å². The number of pyridine rings is 1. The van der Waals surface area contributed by atoms with Crippen LogP contribution in [0.2, 0.25) is 0 Å². The van der Waals surface area contributed by atoms with Crippen LogP contribution >= 0.6 is 0 Å². The minimum absolute atomic E-state index is 0.193. The van der Waals surface area contributed by atoms with Crippen molar-refractivity contribution in [1.29, 1.82) is 0 Å². The van der Waals surface area contributed by atoms with Crippen LogP contribution in [0.4, 0.5) is 11.5 Å². The number of piperidine rings is 1. The summed E-state index contributed by atoms with van der Waals surface area (Å²) in [4.78, 5) is 6.56. The fraction of sp³-hybridized carbons (Fsp3) is 0.583. The molecular weight excluding hydrogens is 202 g/mol. The second-order valence-electron chi connectivity index (χ2n) is 4.51. The number of nitrogens with two attached hydrogens (primary N) is 1. The highest BCUT2D eigenvalue weighted by atomic mass is 16.3. The van der Waals surface area contributed by atoms with Crippen LogP contribution in [0.15, 0.2) is 18.3 Å². The molecule has 0 spiro atoms. The molecule has 0 unspecified atom stereocenters. The van der Waals surface area contributed by atoms with E-state index in [4.69, 9.17) is 5.73 Å². The molecule has 3 N–H and O–H groups in total. The normalized spacial score (nSPS) is 19.8. The summed E-state index contributed by atoms with van der Waals surface area (Å²) in [6.45, 7) is 3.81. The Morgan fingerprint density at radius 1 is 1.44 bits per heavy atom. The van der Waals surface area contributed by atoms with Crippen LogP contribution in [0, 0.1) is 5.92 Å². The summed E-state index contributed by atoms with van der Waals surface area (Å²) in [7, 11) is 0. The summed E-state index contributed by atoms with van der Waals surface area (Å²) in [6.07, 6.45) is 3.56. The van der Waals surface area contributed by atoms with E-state index in [9.17, 15) is 5.11 Å². The monoisotopic (exact) mass is 221 g/mol. The molecule has 1 aromatic heterocycles. The second-order valence-corrected chi connectivity index (χ2v) is 4.51. The molecule has 1 aromatic rings. The zero-order chi connectivity index (χ0) is 11.5. The highest BCUT2D eigenvalue weighted by Crippen LogP contribution is 2.24. The molecule has 0 aliphatic carbocycles. The first-order valence-electron chi connectivity index (χ1n) is 5.81. The minimum atomic E-state index is -0.193. The zero-order valence-corrected chi connectivity index (χ0v) is 9.63. The lowest BCUT2D eigenvalue weighted by Crippen LogP contribution is -2.37. The quantitative estimate of drug-likeness (QED) is 0.789. The molecule has 1 atom stereocenters. The Balaban J connectivity index is 1.96. The molecule has 0 bridgehead atoms. The average molecular weight is 221 g/mol. The van der Waals surface area contributed by atoms with E-state index in [0.717, 1.165) is 31.7 Å². The molecule has 0 aromatic carbocycles. The molecule has 1 fully saturated rings. The third-order valence-electron chi connectivity index (χ3n) is 3.32. The van der Waals surface area contributed by atoms with Gasteiger partial charge in [0.2, 0.25) is 0 Å². The number of aliphatic hydroxyl groups excluding tert-OH is 1. The fourth-order valence-corrected chi connectivity index (χ4v) is 2.20. The number of rotatable bonds is 2. The summed E-state index contributed by atoms with van der Waals surface area (Å²) in [5, 5.41) is 9.52. The highest BCUT2D eigenvalue weighted by molar-refractivity contribution is 5.45. The molecule has 4 heteroatoms.